The molecular weight excluding hydrogens is 570 g/mol. The van der Waals surface area contributed by atoms with Crippen molar-refractivity contribution in [2.45, 2.75) is 49.8 Å². The first-order valence-electron chi connectivity index (χ1n) is 14.2. The van der Waals surface area contributed by atoms with Crippen molar-refractivity contribution < 1.29 is 27.4 Å². The molecule has 1 aliphatic rings. The second kappa shape index (κ2) is 12.9. The molecule has 4 aromatic rings. The van der Waals surface area contributed by atoms with E-state index in [1.54, 1.807) is 18.3 Å². The van der Waals surface area contributed by atoms with E-state index in [-0.39, 0.29) is 10.9 Å². The Bertz CT molecular complexity index is 1760. The minimum atomic E-state index is -3.91. The van der Waals surface area contributed by atoms with Crippen molar-refractivity contribution in [3.63, 3.8) is 0 Å². The first-order chi connectivity index (χ1) is 20.8. The van der Waals surface area contributed by atoms with Gasteiger partial charge in [0.05, 0.1) is 43.2 Å². The molecule has 43 heavy (non-hydrogen) atoms. The van der Waals surface area contributed by atoms with Gasteiger partial charge in [0, 0.05) is 23.5 Å². The minimum Gasteiger partial charge on any atom is -0.480 e. The lowest BCUT2D eigenvalue weighted by Gasteiger charge is -2.18. The van der Waals surface area contributed by atoms with Gasteiger partial charge in [0.25, 0.3) is 0 Å². The van der Waals surface area contributed by atoms with Gasteiger partial charge in [0.1, 0.15) is 4.90 Å². The molecule has 0 spiro atoms. The zero-order chi connectivity index (χ0) is 30.6. The number of pyridine rings is 1. The number of hydrogen-bond donors (Lipinski definition) is 2. The molecule has 0 aliphatic heterocycles. The van der Waals surface area contributed by atoms with E-state index in [1.807, 2.05) is 31.2 Å². The van der Waals surface area contributed by atoms with Crippen molar-refractivity contribution in [3.8, 4) is 23.0 Å². The molecule has 0 unspecified atom stereocenters. The number of nitrogens with one attached hydrogen (secondary N) is 2. The summed E-state index contributed by atoms with van der Waals surface area (Å²) in [6, 6.07) is 11.2. The summed E-state index contributed by atoms with van der Waals surface area (Å²) in [5, 5.41) is 3.90. The highest BCUT2D eigenvalue weighted by Crippen LogP contribution is 2.39. The predicted octanol–water partition coefficient (Wildman–Crippen LogP) is 5.59. The summed E-state index contributed by atoms with van der Waals surface area (Å²) in [4.78, 5) is 25.9. The lowest BCUT2D eigenvalue weighted by Crippen LogP contribution is -2.20. The summed E-state index contributed by atoms with van der Waals surface area (Å²) in [5.41, 5.74) is 4.23. The minimum absolute atomic E-state index is 0.0259. The van der Waals surface area contributed by atoms with E-state index in [4.69, 9.17) is 14.2 Å². The van der Waals surface area contributed by atoms with Gasteiger partial charge in [-0.2, -0.15) is 4.98 Å². The number of nitrogens with zero attached hydrogens (tertiary/aromatic N) is 3. The molecule has 11 nitrogen and oxygen atoms in total. The molecule has 5 rings (SSSR count). The third-order valence-corrected chi connectivity index (χ3v) is 8.96. The van der Waals surface area contributed by atoms with E-state index in [0.29, 0.717) is 58.2 Å². The Morgan fingerprint density at radius 1 is 1.02 bits per heavy atom. The SMILES string of the molecule is CCCOC(=O)c1cc(Nc2c(S(=O)(=O)NC)cnc3cc(-c4cnc(OC)nc4OC)ccc23)cc(C2CCCC2)c1. The highest BCUT2D eigenvalue weighted by atomic mass is 32.2. The monoisotopic (exact) mass is 605 g/mol. The van der Waals surface area contributed by atoms with Crippen molar-refractivity contribution in [3.05, 3.63) is 59.9 Å². The Hall–Kier alpha value is -4.29. The Labute approximate surface area is 251 Å². The van der Waals surface area contributed by atoms with Crippen LogP contribution in [0.2, 0.25) is 0 Å². The lowest BCUT2D eigenvalue weighted by atomic mass is 9.95. The molecular formula is C31H35N5O6S. The molecule has 226 valence electrons. The number of carbonyl (C=O) groups is 1. The zero-order valence-electron chi connectivity index (χ0n) is 24.6. The first kappa shape index (κ1) is 30.2. The van der Waals surface area contributed by atoms with Gasteiger partial charge in [-0.05, 0) is 67.6 Å². The molecule has 1 fully saturated rings. The van der Waals surface area contributed by atoms with Crippen LogP contribution in [0, 0.1) is 0 Å². The fourth-order valence-electron chi connectivity index (χ4n) is 5.35. The number of methoxy groups -OCH3 is 2. The molecule has 1 aliphatic carbocycles. The molecule has 0 radical (unpaired) electrons. The third-order valence-electron chi connectivity index (χ3n) is 7.54. The van der Waals surface area contributed by atoms with Crippen molar-refractivity contribution in [2.75, 3.05) is 33.2 Å². The van der Waals surface area contributed by atoms with E-state index < -0.39 is 16.0 Å². The molecule has 0 saturated heterocycles. The Balaban J connectivity index is 1.64. The van der Waals surface area contributed by atoms with Crippen LogP contribution >= 0.6 is 0 Å². The third kappa shape index (κ3) is 6.40. The Kier molecular flexibility index (Phi) is 9.07. The van der Waals surface area contributed by atoms with Crippen LogP contribution in [0.3, 0.4) is 0 Å². The number of hydrogen-bond acceptors (Lipinski definition) is 10. The number of aromatic nitrogens is 3. The standard InChI is InChI=1S/C31H35N5O6S/c1-5-12-42-30(37)22-13-21(19-8-6-7-9-19)14-23(15-22)35-28-24-11-10-20(25-17-34-31(41-4)36-29(25)40-3)16-26(24)33-18-27(28)43(38,39)32-2/h10-11,13-19,32H,5-9,12H2,1-4H3,(H,33,35). The van der Waals surface area contributed by atoms with Crippen LogP contribution in [0.15, 0.2) is 53.7 Å². The fraction of sp³-hybridized carbons (Fsp3) is 0.355. The summed E-state index contributed by atoms with van der Waals surface area (Å²) in [7, 11) is 0.426. The van der Waals surface area contributed by atoms with E-state index in [9.17, 15) is 13.2 Å². The van der Waals surface area contributed by atoms with Gasteiger partial charge in [-0.3, -0.25) is 4.98 Å². The smallest absolute Gasteiger partial charge is 0.338 e. The Morgan fingerprint density at radius 2 is 1.81 bits per heavy atom. The van der Waals surface area contributed by atoms with Crippen LogP contribution in [0.5, 0.6) is 11.9 Å². The summed E-state index contributed by atoms with van der Waals surface area (Å²) < 4.78 is 44.7. The number of esters is 1. The summed E-state index contributed by atoms with van der Waals surface area (Å²) in [5.74, 6) is 0.233. The molecule has 2 N–H and O–H groups in total. The molecule has 2 aromatic heterocycles. The van der Waals surface area contributed by atoms with Gasteiger partial charge < -0.3 is 19.5 Å². The maximum Gasteiger partial charge on any atom is 0.338 e. The van der Waals surface area contributed by atoms with E-state index in [2.05, 4.69) is 25.0 Å². The summed E-state index contributed by atoms with van der Waals surface area (Å²) >= 11 is 0. The maximum absolute atomic E-state index is 13.1. The van der Waals surface area contributed by atoms with Gasteiger partial charge in [0.15, 0.2) is 0 Å². The molecule has 2 heterocycles. The van der Waals surface area contributed by atoms with Crippen LogP contribution < -0.4 is 19.5 Å². The molecule has 0 bridgehead atoms. The van der Waals surface area contributed by atoms with Gasteiger partial charge in [-0.1, -0.05) is 31.9 Å². The van der Waals surface area contributed by atoms with Gasteiger partial charge >= 0.3 is 12.0 Å². The normalized spacial score (nSPS) is 13.7. The average molecular weight is 606 g/mol. The number of anilines is 2. The number of benzene rings is 2. The highest BCUT2D eigenvalue weighted by Gasteiger charge is 2.24. The fourth-order valence-corrected chi connectivity index (χ4v) is 6.19. The van der Waals surface area contributed by atoms with E-state index in [0.717, 1.165) is 36.8 Å². The van der Waals surface area contributed by atoms with Gasteiger partial charge in [-0.25, -0.2) is 22.9 Å². The van der Waals surface area contributed by atoms with Crippen LogP contribution in [-0.2, 0) is 14.8 Å². The summed E-state index contributed by atoms with van der Waals surface area (Å²) in [6.45, 7) is 2.26. The van der Waals surface area contributed by atoms with Crippen LogP contribution in [0.1, 0.15) is 60.9 Å². The average Bonchev–Trinajstić information content (AvgIpc) is 3.58. The lowest BCUT2D eigenvalue weighted by molar-refractivity contribution is 0.0505. The van der Waals surface area contributed by atoms with Crippen molar-refractivity contribution >= 4 is 38.3 Å². The van der Waals surface area contributed by atoms with Crippen LogP contribution in [0.4, 0.5) is 11.4 Å². The predicted molar refractivity (Wildman–Crippen MR) is 164 cm³/mol. The van der Waals surface area contributed by atoms with Crippen molar-refractivity contribution in [2.24, 2.45) is 0 Å². The number of carbonyl (C=O) groups excluding carboxylic acids is 1. The number of rotatable bonds is 11. The highest BCUT2D eigenvalue weighted by molar-refractivity contribution is 7.89. The van der Waals surface area contributed by atoms with Gasteiger partial charge in [-0.15, -0.1) is 0 Å². The number of fused-ring (bicyclic) bond motifs is 1. The van der Waals surface area contributed by atoms with Crippen molar-refractivity contribution in [1.82, 2.24) is 19.7 Å². The molecule has 12 heteroatoms. The summed E-state index contributed by atoms with van der Waals surface area (Å²) in [6.07, 6.45) is 7.95. The van der Waals surface area contributed by atoms with Gasteiger partial charge in [0.2, 0.25) is 15.9 Å². The molecule has 2 aromatic carbocycles. The molecule has 1 saturated carbocycles. The van der Waals surface area contributed by atoms with Crippen LogP contribution in [0.25, 0.3) is 22.0 Å². The van der Waals surface area contributed by atoms with E-state index >= 15 is 0 Å². The molecule has 0 amide bonds. The number of sulfonamides is 1. The second-order valence-electron chi connectivity index (χ2n) is 10.3. The molecule has 0 atom stereocenters. The van der Waals surface area contributed by atoms with Crippen molar-refractivity contribution in [1.29, 1.82) is 0 Å². The number of ether oxygens (including phenoxy) is 3. The van der Waals surface area contributed by atoms with E-state index in [1.165, 1.54) is 27.5 Å². The van der Waals surface area contributed by atoms with Crippen LogP contribution in [-0.4, -0.2) is 57.2 Å². The maximum atomic E-state index is 13.1. The second-order valence-corrected chi connectivity index (χ2v) is 12.2. The zero-order valence-corrected chi connectivity index (χ0v) is 25.5. The quantitative estimate of drug-likeness (QED) is 0.208. The topological polar surface area (TPSA) is 142 Å². The first-order valence-corrected chi connectivity index (χ1v) is 15.7. The largest absolute Gasteiger partial charge is 0.480 e. The Morgan fingerprint density at radius 3 is 2.51 bits per heavy atom.